The number of nitrogens with two attached hydrogens (primary N) is 1. The van der Waals surface area contributed by atoms with E-state index in [0.717, 1.165) is 54.2 Å². The second-order valence-corrected chi connectivity index (χ2v) is 8.52. The van der Waals surface area contributed by atoms with Gasteiger partial charge in [0.25, 0.3) is 0 Å². The molecule has 0 amide bonds. The summed E-state index contributed by atoms with van der Waals surface area (Å²) in [6.07, 6.45) is 0. The number of carboxylic acid groups (broad SMARTS) is 2. The first-order chi connectivity index (χ1) is 18.3. The van der Waals surface area contributed by atoms with Crippen LogP contribution in [-0.2, 0) is 0 Å². The predicted molar refractivity (Wildman–Crippen MR) is 143 cm³/mol. The van der Waals surface area contributed by atoms with Crippen LogP contribution in [0, 0.1) is 0 Å². The maximum atomic E-state index is 12.1. The molecule has 1 aliphatic carbocycles. The molecule has 40 heavy (non-hydrogen) atoms. The molecule has 200 valence electrons. The van der Waals surface area contributed by atoms with Crippen LogP contribution in [0.2, 0.25) is 0 Å². The van der Waals surface area contributed by atoms with Gasteiger partial charge in [0.1, 0.15) is 24.4 Å². The number of carboxylic acids is 2. The van der Waals surface area contributed by atoms with E-state index in [9.17, 15) is 19.8 Å². The molecule has 0 spiro atoms. The molecule has 2 aromatic carbocycles. The molecule has 4 rings (SSSR count). The van der Waals surface area contributed by atoms with Gasteiger partial charge < -0.3 is 34.3 Å². The van der Waals surface area contributed by atoms with Crippen LogP contribution < -0.4 is 90.1 Å². The zero-order valence-corrected chi connectivity index (χ0v) is 28.0. The summed E-state index contributed by atoms with van der Waals surface area (Å²) < 4.78 is 8.61. The topological polar surface area (TPSA) is 146 Å². The van der Waals surface area contributed by atoms with Crippen molar-refractivity contribution < 1.29 is 88.5 Å². The number of rotatable bonds is 8. The number of carbonyl (C=O) groups is 2. The zero-order valence-electron chi connectivity index (χ0n) is 24.0. The van der Waals surface area contributed by atoms with E-state index in [0.29, 0.717) is 22.5 Å². The summed E-state index contributed by atoms with van der Waals surface area (Å²) in [5, 5.41) is 31.8. The molecule has 1 heterocycles. The van der Waals surface area contributed by atoms with Crippen molar-refractivity contribution in [1.82, 2.24) is 4.58 Å². The Morgan fingerprint density at radius 1 is 0.850 bits per heavy atom. The molecule has 2 aromatic rings. The Hall–Kier alpha value is -2.21. The number of aromatic carboxylic acids is 2. The van der Waals surface area contributed by atoms with Crippen molar-refractivity contribution in [1.29, 1.82) is 0 Å². The van der Waals surface area contributed by atoms with Crippen molar-refractivity contribution in [2.75, 3.05) is 31.1 Å². The van der Waals surface area contributed by atoms with Gasteiger partial charge >= 0.3 is 59.1 Å². The monoisotopic (exact) mass is 564 g/mol. The van der Waals surface area contributed by atoms with Crippen molar-refractivity contribution >= 4 is 28.6 Å². The van der Waals surface area contributed by atoms with Crippen LogP contribution in [0.3, 0.4) is 0 Å². The Morgan fingerprint density at radius 3 is 2.02 bits per heavy atom. The number of fused-ring (bicyclic) bond motifs is 2. The van der Waals surface area contributed by atoms with E-state index in [-0.39, 0.29) is 70.2 Å². The molecule has 0 aromatic heterocycles. The molecular weight excluding hydrogens is 532 g/mol. The number of anilines is 1. The largest absolute Gasteiger partial charge is 1.00 e. The van der Waals surface area contributed by atoms with E-state index in [4.69, 9.17) is 9.62 Å². The number of benzene rings is 3. The SMILES string of the molecule is CCN(CC)c1ccc2c(-c3ccc(C(=O)[O-])cc3C(=O)[O-])c3ccc(=[N+](CC)CC)cc-3oc2c1.NO.[Na+].[Na+]. The normalized spacial score (nSPS) is 10.2. The minimum absolute atomic E-state index is 0. The third kappa shape index (κ3) is 7.35. The van der Waals surface area contributed by atoms with Crippen LogP contribution in [0.5, 0.6) is 0 Å². The Labute approximate surface area is 277 Å². The van der Waals surface area contributed by atoms with Gasteiger partial charge in [0, 0.05) is 53.0 Å². The smallest absolute Gasteiger partial charge is 0.545 e. The van der Waals surface area contributed by atoms with Crippen LogP contribution >= 0.6 is 0 Å². The van der Waals surface area contributed by atoms with Crippen molar-refractivity contribution in [3.63, 3.8) is 0 Å². The van der Waals surface area contributed by atoms with Crippen LogP contribution in [0.1, 0.15) is 48.4 Å². The molecule has 0 unspecified atom stereocenters. The Balaban J connectivity index is 0.00000196. The Morgan fingerprint density at radius 2 is 1.48 bits per heavy atom. The van der Waals surface area contributed by atoms with E-state index < -0.39 is 11.9 Å². The molecule has 0 fully saturated rings. The summed E-state index contributed by atoms with van der Waals surface area (Å²) >= 11 is 0. The Kier molecular flexibility index (Phi) is 14.6. The summed E-state index contributed by atoms with van der Waals surface area (Å²) in [6, 6.07) is 15.7. The van der Waals surface area contributed by atoms with Crippen molar-refractivity contribution in [3.8, 4) is 22.5 Å². The van der Waals surface area contributed by atoms with Gasteiger partial charge in [0.15, 0.2) is 0 Å². The standard InChI is InChI=1S/C29H30N2O5.H3NO.2Na/c1-5-30(6-2)19-10-13-22-25(16-19)36-26-17-20(31(7-3)8-4)11-14-23(26)27(22)21-12-9-18(28(32)33)15-24(21)29(34)35;1-2;;/h9-17H,5-8H2,1-4H3,(H-,32,33,34,35);2H,1H2;;/q;;2*+1/p-1. The maximum absolute atomic E-state index is 12.1. The first kappa shape index (κ1) is 35.8. The second-order valence-electron chi connectivity index (χ2n) is 8.52. The van der Waals surface area contributed by atoms with Gasteiger partial charge in [-0.2, -0.15) is 0 Å². The third-order valence-corrected chi connectivity index (χ3v) is 6.69. The first-order valence-electron chi connectivity index (χ1n) is 12.5. The van der Waals surface area contributed by atoms with E-state index in [2.05, 4.69) is 43.1 Å². The van der Waals surface area contributed by atoms with Crippen molar-refractivity contribution in [2.45, 2.75) is 27.7 Å². The van der Waals surface area contributed by atoms with E-state index in [1.54, 1.807) is 0 Å². The predicted octanol–water partition coefficient (Wildman–Crippen LogP) is -4.07. The molecule has 0 bridgehead atoms. The summed E-state index contributed by atoms with van der Waals surface area (Å²) in [5.41, 5.74) is 2.88. The average molecular weight is 565 g/mol. The number of hydrogen-bond donors (Lipinski definition) is 2. The van der Waals surface area contributed by atoms with Gasteiger partial charge in [-0.1, -0.05) is 12.1 Å². The fourth-order valence-corrected chi connectivity index (χ4v) is 4.79. The fraction of sp³-hybridized carbons (Fsp3) is 0.276. The quantitative estimate of drug-likeness (QED) is 0.0952. The van der Waals surface area contributed by atoms with Gasteiger partial charge in [-0.15, -0.1) is 0 Å². The van der Waals surface area contributed by atoms with Gasteiger partial charge in [-0.3, -0.25) is 0 Å². The van der Waals surface area contributed by atoms with Crippen LogP contribution in [0.25, 0.3) is 33.4 Å². The minimum Gasteiger partial charge on any atom is -0.545 e. The molecule has 2 aliphatic rings. The maximum Gasteiger partial charge on any atom is 1.00 e. The summed E-state index contributed by atoms with van der Waals surface area (Å²) in [4.78, 5) is 25.7. The van der Waals surface area contributed by atoms with Gasteiger partial charge in [0.2, 0.25) is 5.36 Å². The van der Waals surface area contributed by atoms with E-state index in [1.807, 2.05) is 36.4 Å². The van der Waals surface area contributed by atoms with Gasteiger partial charge in [0.05, 0.1) is 18.0 Å². The Bertz CT molecular complexity index is 1510. The molecule has 0 radical (unpaired) electrons. The van der Waals surface area contributed by atoms with Gasteiger partial charge in [-0.05, 0) is 63.1 Å². The number of hydrogen-bond acceptors (Lipinski definition) is 8. The number of carbonyl (C=O) groups excluding carboxylic acids is 2. The summed E-state index contributed by atoms with van der Waals surface area (Å²) in [5.74, 6) is 1.19. The van der Waals surface area contributed by atoms with E-state index in [1.165, 1.54) is 12.1 Å². The molecular formula is C29H32N3Na2O6+. The average Bonchev–Trinajstić information content (AvgIpc) is 2.93. The molecule has 0 saturated carbocycles. The molecule has 11 heteroatoms. The van der Waals surface area contributed by atoms with Crippen molar-refractivity contribution in [2.24, 2.45) is 5.90 Å². The number of nitrogens with zero attached hydrogens (tertiary/aromatic N) is 2. The summed E-state index contributed by atoms with van der Waals surface area (Å²) in [6.45, 7) is 11.6. The fourth-order valence-electron chi connectivity index (χ4n) is 4.79. The zero-order chi connectivity index (χ0) is 28.0. The van der Waals surface area contributed by atoms with Crippen molar-refractivity contribution in [3.05, 3.63) is 71.1 Å². The minimum atomic E-state index is -1.46. The molecule has 0 saturated heterocycles. The van der Waals surface area contributed by atoms with Gasteiger partial charge in [-0.25, -0.2) is 10.5 Å². The van der Waals surface area contributed by atoms with E-state index >= 15 is 0 Å². The summed E-state index contributed by atoms with van der Waals surface area (Å²) in [7, 11) is 0. The molecule has 1 aliphatic heterocycles. The second kappa shape index (κ2) is 16.3. The first-order valence-corrected chi connectivity index (χ1v) is 12.5. The van der Waals surface area contributed by atoms with Crippen LogP contribution in [0.4, 0.5) is 5.69 Å². The molecule has 0 atom stereocenters. The van der Waals surface area contributed by atoms with Crippen LogP contribution in [-0.4, -0.2) is 43.3 Å². The van der Waals surface area contributed by atoms with Crippen LogP contribution in [0.15, 0.2) is 59.0 Å². The molecule has 9 nitrogen and oxygen atoms in total. The third-order valence-electron chi connectivity index (χ3n) is 6.69. The molecule has 3 N–H and O–H groups in total.